The molecule has 4 heteroatoms. The van der Waals surface area contributed by atoms with E-state index in [2.05, 4.69) is 24.3 Å². The van der Waals surface area contributed by atoms with Gasteiger partial charge in [-0.3, -0.25) is 4.99 Å². The quantitative estimate of drug-likeness (QED) is 0.315. The Morgan fingerprint density at radius 1 is 1.69 bits per heavy atom. The maximum Gasteiger partial charge on any atom is 0.126 e. The Labute approximate surface area is 84.5 Å². The molecule has 0 aliphatic carbocycles. The van der Waals surface area contributed by atoms with Gasteiger partial charge in [0.15, 0.2) is 0 Å². The molecule has 0 bridgehead atoms. The molecule has 1 rings (SSSR count). The molecule has 1 saturated heterocycles. The van der Waals surface area contributed by atoms with Gasteiger partial charge in [-0.1, -0.05) is 6.92 Å². The van der Waals surface area contributed by atoms with E-state index in [0.717, 1.165) is 18.8 Å². The van der Waals surface area contributed by atoms with Gasteiger partial charge in [-0.05, 0) is 31.9 Å². The topological polar surface area (TPSA) is 50.4 Å². The predicted molar refractivity (Wildman–Crippen MR) is 60.0 cm³/mol. The van der Waals surface area contributed by atoms with E-state index in [-0.39, 0.29) is 4.75 Å². The molecule has 3 N–H and O–H groups in total. The lowest BCUT2D eigenvalue weighted by molar-refractivity contribution is 0.719. The van der Waals surface area contributed by atoms with Gasteiger partial charge in [-0.15, -0.1) is 11.8 Å². The first kappa shape index (κ1) is 10.9. The van der Waals surface area contributed by atoms with Gasteiger partial charge < -0.3 is 5.43 Å². The second-order valence-corrected chi connectivity index (χ2v) is 5.16. The van der Waals surface area contributed by atoms with Crippen LogP contribution in [-0.2, 0) is 0 Å². The average molecular weight is 201 g/mol. The van der Waals surface area contributed by atoms with Crippen molar-refractivity contribution in [1.29, 1.82) is 0 Å². The third-order valence-corrected chi connectivity index (χ3v) is 3.88. The molecule has 13 heavy (non-hydrogen) atoms. The maximum absolute atomic E-state index is 5.48. The number of hydrogen-bond donors (Lipinski definition) is 2. The number of thioether (sulfide) groups is 1. The van der Waals surface area contributed by atoms with Crippen molar-refractivity contribution in [2.75, 3.05) is 12.3 Å². The number of hydrogen-bond acceptors (Lipinski definition) is 3. The lowest BCUT2D eigenvalue weighted by Gasteiger charge is -2.24. The van der Waals surface area contributed by atoms with Crippen molar-refractivity contribution in [3.63, 3.8) is 0 Å². The van der Waals surface area contributed by atoms with E-state index in [4.69, 9.17) is 5.84 Å². The van der Waals surface area contributed by atoms with E-state index in [1.54, 1.807) is 0 Å². The molecule has 0 amide bonds. The van der Waals surface area contributed by atoms with Gasteiger partial charge in [0.25, 0.3) is 0 Å². The van der Waals surface area contributed by atoms with E-state index in [0.29, 0.717) is 0 Å². The first-order chi connectivity index (χ1) is 6.23. The number of nitrogens with zero attached hydrogens (tertiary/aromatic N) is 1. The summed E-state index contributed by atoms with van der Waals surface area (Å²) in [5, 5.41) is 0. The summed E-state index contributed by atoms with van der Waals surface area (Å²) < 4.78 is 0.143. The number of amidine groups is 1. The SMILES string of the molecule is CCCN=C(NN)C1(C)CCCS1. The Morgan fingerprint density at radius 2 is 2.46 bits per heavy atom. The maximum atomic E-state index is 5.48. The highest BCUT2D eigenvalue weighted by molar-refractivity contribution is 8.01. The molecule has 1 aliphatic rings. The van der Waals surface area contributed by atoms with Gasteiger partial charge in [-0.25, -0.2) is 5.84 Å². The zero-order chi connectivity index (χ0) is 9.73. The van der Waals surface area contributed by atoms with Crippen molar-refractivity contribution in [2.24, 2.45) is 10.8 Å². The summed E-state index contributed by atoms with van der Waals surface area (Å²) in [4.78, 5) is 4.47. The smallest absolute Gasteiger partial charge is 0.126 e. The van der Waals surface area contributed by atoms with Crippen LogP contribution in [0.15, 0.2) is 4.99 Å². The predicted octanol–water partition coefficient (Wildman–Crippen LogP) is 1.54. The molecule has 1 heterocycles. The van der Waals surface area contributed by atoms with Crippen LogP contribution in [0.25, 0.3) is 0 Å². The number of nitrogens with one attached hydrogen (secondary N) is 1. The Balaban J connectivity index is 2.63. The van der Waals surface area contributed by atoms with E-state index < -0.39 is 0 Å². The van der Waals surface area contributed by atoms with Gasteiger partial charge >= 0.3 is 0 Å². The van der Waals surface area contributed by atoms with Crippen LogP contribution < -0.4 is 11.3 Å². The van der Waals surface area contributed by atoms with Crippen molar-refractivity contribution >= 4 is 17.6 Å². The molecular formula is C9H19N3S. The molecule has 1 fully saturated rings. The third-order valence-electron chi connectivity index (χ3n) is 2.35. The molecular weight excluding hydrogens is 182 g/mol. The Hall–Kier alpha value is -0.220. The minimum atomic E-state index is 0.143. The number of hydrazine groups is 1. The normalized spacial score (nSPS) is 29.3. The standard InChI is InChI=1S/C9H19N3S/c1-3-6-11-8(12-10)9(2)5-4-7-13-9/h3-7,10H2,1-2H3,(H,11,12). The molecule has 0 spiro atoms. The number of nitrogens with two attached hydrogens (primary N) is 1. The van der Waals surface area contributed by atoms with Crippen LogP contribution in [0.3, 0.4) is 0 Å². The summed E-state index contributed by atoms with van der Waals surface area (Å²) in [6.07, 6.45) is 3.53. The fourth-order valence-electron chi connectivity index (χ4n) is 1.56. The zero-order valence-corrected chi connectivity index (χ0v) is 9.28. The average Bonchev–Trinajstić information content (AvgIpc) is 2.54. The minimum absolute atomic E-state index is 0.143. The molecule has 0 aromatic rings. The van der Waals surface area contributed by atoms with Crippen LogP contribution in [0.1, 0.15) is 33.1 Å². The van der Waals surface area contributed by atoms with Gasteiger partial charge in [0.05, 0.1) is 4.75 Å². The molecule has 0 aromatic carbocycles. The Bertz CT molecular complexity index is 185. The highest BCUT2D eigenvalue weighted by atomic mass is 32.2. The molecule has 0 aromatic heterocycles. The summed E-state index contributed by atoms with van der Waals surface area (Å²) in [5.41, 5.74) is 2.75. The minimum Gasteiger partial charge on any atom is -0.311 e. The first-order valence-electron chi connectivity index (χ1n) is 4.88. The highest BCUT2D eigenvalue weighted by Gasteiger charge is 2.34. The van der Waals surface area contributed by atoms with Crippen molar-refractivity contribution in [3.05, 3.63) is 0 Å². The summed E-state index contributed by atoms with van der Waals surface area (Å²) >= 11 is 1.95. The van der Waals surface area contributed by atoms with E-state index >= 15 is 0 Å². The van der Waals surface area contributed by atoms with E-state index in [9.17, 15) is 0 Å². The first-order valence-corrected chi connectivity index (χ1v) is 5.87. The molecule has 0 radical (unpaired) electrons. The summed E-state index contributed by atoms with van der Waals surface area (Å²) in [6.45, 7) is 5.22. The van der Waals surface area contributed by atoms with Gasteiger partial charge in [-0.2, -0.15) is 0 Å². The van der Waals surface area contributed by atoms with Crippen molar-refractivity contribution in [3.8, 4) is 0 Å². The Kier molecular flexibility index (Phi) is 4.06. The van der Waals surface area contributed by atoms with E-state index in [1.165, 1.54) is 18.6 Å². The van der Waals surface area contributed by atoms with Crippen LogP contribution in [0.2, 0.25) is 0 Å². The van der Waals surface area contributed by atoms with Crippen LogP contribution in [-0.4, -0.2) is 22.9 Å². The van der Waals surface area contributed by atoms with Crippen LogP contribution in [0.4, 0.5) is 0 Å². The highest BCUT2D eigenvalue weighted by Crippen LogP contribution is 2.38. The van der Waals surface area contributed by atoms with E-state index in [1.807, 2.05) is 11.8 Å². The fourth-order valence-corrected chi connectivity index (χ4v) is 2.84. The lowest BCUT2D eigenvalue weighted by atomic mass is 10.0. The molecule has 76 valence electrons. The Morgan fingerprint density at radius 3 is 2.92 bits per heavy atom. The van der Waals surface area contributed by atoms with Crippen molar-refractivity contribution in [1.82, 2.24) is 5.43 Å². The second kappa shape index (κ2) is 4.86. The molecule has 1 atom stereocenters. The zero-order valence-electron chi connectivity index (χ0n) is 8.47. The van der Waals surface area contributed by atoms with Gasteiger partial charge in [0, 0.05) is 6.54 Å². The number of aliphatic imine (C=N–C) groups is 1. The number of rotatable bonds is 3. The van der Waals surface area contributed by atoms with Crippen LogP contribution in [0.5, 0.6) is 0 Å². The summed E-state index contributed by atoms with van der Waals surface area (Å²) in [6, 6.07) is 0. The van der Waals surface area contributed by atoms with Crippen molar-refractivity contribution in [2.45, 2.75) is 37.9 Å². The molecule has 3 nitrogen and oxygen atoms in total. The van der Waals surface area contributed by atoms with Crippen LogP contribution >= 0.6 is 11.8 Å². The second-order valence-electron chi connectivity index (χ2n) is 3.56. The monoisotopic (exact) mass is 201 g/mol. The van der Waals surface area contributed by atoms with Crippen LogP contribution in [0, 0.1) is 0 Å². The molecule has 1 unspecified atom stereocenters. The molecule has 0 saturated carbocycles. The van der Waals surface area contributed by atoms with Gasteiger partial charge in [0.2, 0.25) is 0 Å². The fraction of sp³-hybridized carbons (Fsp3) is 0.889. The third kappa shape index (κ3) is 2.61. The summed E-state index contributed by atoms with van der Waals surface area (Å²) in [5.74, 6) is 7.68. The lowest BCUT2D eigenvalue weighted by Crippen LogP contribution is -2.44. The van der Waals surface area contributed by atoms with Crippen molar-refractivity contribution < 1.29 is 0 Å². The van der Waals surface area contributed by atoms with Gasteiger partial charge in [0.1, 0.15) is 5.84 Å². The molecule has 1 aliphatic heterocycles. The summed E-state index contributed by atoms with van der Waals surface area (Å²) in [7, 11) is 0. The largest absolute Gasteiger partial charge is 0.311 e.